The lowest BCUT2D eigenvalue weighted by Gasteiger charge is -1.94. The summed E-state index contributed by atoms with van der Waals surface area (Å²) in [6.07, 6.45) is 10.7. The fourth-order valence-electron chi connectivity index (χ4n) is 1.69. The molecule has 114 valence electrons. The molecule has 0 bridgehead atoms. The van der Waals surface area contributed by atoms with Crippen molar-refractivity contribution < 1.29 is 9.72 Å². The minimum Gasteiger partial charge on any atom is -0.296 e. The Balaban J connectivity index is 2.69. The van der Waals surface area contributed by atoms with Crippen LogP contribution in [0.1, 0.15) is 18.9 Å². The Morgan fingerprint density at radius 2 is 1.95 bits per heavy atom. The molecule has 1 rings (SSSR count). The van der Waals surface area contributed by atoms with Crippen molar-refractivity contribution >= 4 is 23.8 Å². The SMILES string of the molecule is CC/C=C(\C=NC)C(=O)/C=C/C=C/c1ccc([N+](=O)[O-])cc1. The van der Waals surface area contributed by atoms with Crippen LogP contribution in [0.2, 0.25) is 0 Å². The van der Waals surface area contributed by atoms with E-state index in [1.807, 2.05) is 13.0 Å². The second kappa shape index (κ2) is 9.18. The highest BCUT2D eigenvalue weighted by Gasteiger charge is 2.02. The molecule has 0 saturated heterocycles. The number of hydrogen-bond donors (Lipinski definition) is 0. The molecule has 0 heterocycles. The number of nitrogens with zero attached hydrogens (tertiary/aromatic N) is 2. The summed E-state index contributed by atoms with van der Waals surface area (Å²) in [5, 5.41) is 10.5. The summed E-state index contributed by atoms with van der Waals surface area (Å²) in [7, 11) is 1.62. The van der Waals surface area contributed by atoms with Gasteiger partial charge in [-0.05, 0) is 30.2 Å². The lowest BCUT2D eigenvalue weighted by molar-refractivity contribution is -0.384. The summed E-state index contributed by atoms with van der Waals surface area (Å²) < 4.78 is 0. The number of nitro benzene ring substituents is 1. The summed E-state index contributed by atoms with van der Waals surface area (Å²) in [4.78, 5) is 25.9. The molecule has 0 N–H and O–H groups in total. The van der Waals surface area contributed by atoms with E-state index >= 15 is 0 Å². The van der Waals surface area contributed by atoms with Gasteiger partial charge in [0.15, 0.2) is 5.78 Å². The van der Waals surface area contributed by atoms with E-state index in [4.69, 9.17) is 0 Å². The third-order valence-electron chi connectivity index (χ3n) is 2.73. The molecule has 0 atom stereocenters. The van der Waals surface area contributed by atoms with E-state index < -0.39 is 4.92 Å². The van der Waals surface area contributed by atoms with Crippen molar-refractivity contribution in [1.82, 2.24) is 0 Å². The number of rotatable bonds is 7. The lowest BCUT2D eigenvalue weighted by atomic mass is 10.1. The van der Waals surface area contributed by atoms with Gasteiger partial charge in [0, 0.05) is 31.0 Å². The molecule has 0 aliphatic carbocycles. The van der Waals surface area contributed by atoms with Crippen LogP contribution in [0.5, 0.6) is 0 Å². The summed E-state index contributed by atoms with van der Waals surface area (Å²) >= 11 is 0. The molecule has 0 saturated carbocycles. The monoisotopic (exact) mass is 298 g/mol. The van der Waals surface area contributed by atoms with Crippen molar-refractivity contribution in [2.24, 2.45) is 4.99 Å². The average Bonchev–Trinajstić information content (AvgIpc) is 2.51. The molecule has 5 nitrogen and oxygen atoms in total. The predicted octanol–water partition coefficient (Wildman–Crippen LogP) is 3.77. The number of non-ortho nitro benzene ring substituents is 1. The van der Waals surface area contributed by atoms with E-state index in [1.165, 1.54) is 24.4 Å². The molecule has 5 heteroatoms. The van der Waals surface area contributed by atoms with Gasteiger partial charge in [0.05, 0.1) is 4.92 Å². The zero-order chi connectivity index (χ0) is 16.4. The van der Waals surface area contributed by atoms with Gasteiger partial charge in [-0.25, -0.2) is 0 Å². The van der Waals surface area contributed by atoms with E-state index in [-0.39, 0.29) is 11.5 Å². The first-order valence-electron chi connectivity index (χ1n) is 6.84. The van der Waals surface area contributed by atoms with Crippen LogP contribution in [0.25, 0.3) is 6.08 Å². The van der Waals surface area contributed by atoms with Crippen molar-refractivity contribution in [1.29, 1.82) is 0 Å². The Bertz CT molecular complexity index is 638. The summed E-state index contributed by atoms with van der Waals surface area (Å²) in [6.45, 7) is 1.95. The van der Waals surface area contributed by atoms with E-state index in [0.717, 1.165) is 12.0 Å². The van der Waals surface area contributed by atoms with Gasteiger partial charge in [0.25, 0.3) is 5.69 Å². The number of allylic oxidation sites excluding steroid dienone is 5. The molecular formula is C17H18N2O3. The van der Waals surface area contributed by atoms with Crippen molar-refractivity contribution in [3.63, 3.8) is 0 Å². The number of aliphatic imine (C=N–C) groups is 1. The molecule has 0 fully saturated rings. The van der Waals surface area contributed by atoms with E-state index in [0.29, 0.717) is 5.57 Å². The summed E-state index contributed by atoms with van der Waals surface area (Å²) in [6, 6.07) is 6.18. The molecule has 0 radical (unpaired) electrons. The number of nitro groups is 1. The van der Waals surface area contributed by atoms with Gasteiger partial charge in [-0.2, -0.15) is 0 Å². The van der Waals surface area contributed by atoms with E-state index in [9.17, 15) is 14.9 Å². The molecule has 0 spiro atoms. The first-order valence-corrected chi connectivity index (χ1v) is 6.84. The molecule has 0 aliphatic heterocycles. The number of ketones is 1. The minimum atomic E-state index is -0.442. The van der Waals surface area contributed by atoms with Crippen molar-refractivity contribution in [3.8, 4) is 0 Å². The number of benzene rings is 1. The smallest absolute Gasteiger partial charge is 0.269 e. The molecule has 1 aromatic rings. The van der Waals surface area contributed by atoms with Gasteiger partial charge in [-0.3, -0.25) is 19.9 Å². The summed E-state index contributed by atoms with van der Waals surface area (Å²) in [5.74, 6) is -0.110. The minimum absolute atomic E-state index is 0.0519. The fourth-order valence-corrected chi connectivity index (χ4v) is 1.69. The summed E-state index contributed by atoms with van der Waals surface area (Å²) in [5.41, 5.74) is 1.43. The van der Waals surface area contributed by atoms with Crippen LogP contribution in [0.3, 0.4) is 0 Å². The highest BCUT2D eigenvalue weighted by Crippen LogP contribution is 2.12. The number of carbonyl (C=O) groups is 1. The van der Waals surface area contributed by atoms with E-state index in [1.54, 1.807) is 37.4 Å². The Morgan fingerprint density at radius 3 is 2.50 bits per heavy atom. The van der Waals surface area contributed by atoms with Crippen molar-refractivity contribution in [2.75, 3.05) is 7.05 Å². The fraction of sp³-hybridized carbons (Fsp3) is 0.176. The van der Waals surface area contributed by atoms with Crippen LogP contribution in [0.4, 0.5) is 5.69 Å². The highest BCUT2D eigenvalue weighted by atomic mass is 16.6. The van der Waals surface area contributed by atoms with Crippen LogP contribution in [0.15, 0.2) is 59.1 Å². The van der Waals surface area contributed by atoms with Crippen LogP contribution >= 0.6 is 0 Å². The standard InChI is InChI=1S/C17H18N2O3/c1-3-6-15(13-18-2)17(20)8-5-4-7-14-9-11-16(12-10-14)19(21)22/h4-13H,3H2,1-2H3/b7-4+,8-5+,15-6+,18-13?. The molecule has 0 aliphatic rings. The second-order valence-electron chi connectivity index (χ2n) is 4.39. The average molecular weight is 298 g/mol. The predicted molar refractivity (Wildman–Crippen MR) is 89.1 cm³/mol. The lowest BCUT2D eigenvalue weighted by Crippen LogP contribution is -1.99. The van der Waals surface area contributed by atoms with E-state index in [2.05, 4.69) is 4.99 Å². The number of carbonyl (C=O) groups excluding carboxylic acids is 1. The van der Waals surface area contributed by atoms with Gasteiger partial charge in [-0.1, -0.05) is 31.2 Å². The topological polar surface area (TPSA) is 72.6 Å². The number of hydrogen-bond acceptors (Lipinski definition) is 4. The van der Waals surface area contributed by atoms with Crippen LogP contribution in [-0.4, -0.2) is 24.0 Å². The first-order chi connectivity index (χ1) is 10.6. The molecular weight excluding hydrogens is 280 g/mol. The zero-order valence-electron chi connectivity index (χ0n) is 12.6. The van der Waals surface area contributed by atoms with Gasteiger partial charge < -0.3 is 0 Å². The first kappa shape index (κ1) is 17.2. The Morgan fingerprint density at radius 1 is 1.27 bits per heavy atom. The molecule has 0 aromatic heterocycles. The van der Waals surface area contributed by atoms with Crippen molar-refractivity contribution in [3.05, 3.63) is 69.8 Å². The maximum atomic E-state index is 11.9. The van der Waals surface area contributed by atoms with Gasteiger partial charge in [-0.15, -0.1) is 0 Å². The van der Waals surface area contributed by atoms with Crippen LogP contribution < -0.4 is 0 Å². The normalized spacial score (nSPS) is 12.5. The molecule has 0 unspecified atom stereocenters. The zero-order valence-corrected chi connectivity index (χ0v) is 12.6. The second-order valence-corrected chi connectivity index (χ2v) is 4.39. The maximum Gasteiger partial charge on any atom is 0.269 e. The third-order valence-corrected chi connectivity index (χ3v) is 2.73. The Hall–Kier alpha value is -2.82. The Labute approximate surface area is 129 Å². The van der Waals surface area contributed by atoms with Gasteiger partial charge in [0.1, 0.15) is 0 Å². The largest absolute Gasteiger partial charge is 0.296 e. The Kier molecular flexibility index (Phi) is 7.19. The van der Waals surface area contributed by atoms with Crippen LogP contribution in [-0.2, 0) is 4.79 Å². The van der Waals surface area contributed by atoms with Crippen LogP contribution in [0, 0.1) is 10.1 Å². The van der Waals surface area contributed by atoms with Crippen molar-refractivity contribution in [2.45, 2.75) is 13.3 Å². The van der Waals surface area contributed by atoms with Gasteiger partial charge in [0.2, 0.25) is 0 Å². The highest BCUT2D eigenvalue weighted by molar-refractivity contribution is 6.18. The third kappa shape index (κ3) is 5.66. The maximum absolute atomic E-state index is 11.9. The molecule has 1 aromatic carbocycles. The van der Waals surface area contributed by atoms with Gasteiger partial charge >= 0.3 is 0 Å². The molecule has 0 amide bonds. The molecule has 22 heavy (non-hydrogen) atoms. The quantitative estimate of drug-likeness (QED) is 0.253.